The lowest BCUT2D eigenvalue weighted by Crippen LogP contribution is -2.18. The Kier molecular flexibility index (Phi) is 3.53. The molecule has 0 aromatic rings. The molecule has 0 aromatic carbocycles. The van der Waals surface area contributed by atoms with Crippen molar-refractivity contribution in [3.63, 3.8) is 0 Å². The minimum Gasteiger partial charge on any atom is -0.327 e. The van der Waals surface area contributed by atoms with Crippen molar-refractivity contribution < 1.29 is 0 Å². The summed E-state index contributed by atoms with van der Waals surface area (Å²) in [5, 5.41) is 0. The number of hydrogen-bond donors (Lipinski definition) is 1. The zero-order chi connectivity index (χ0) is 6.57. The highest BCUT2D eigenvalue weighted by Gasteiger charge is 1.96. The fourth-order valence-electron chi connectivity index (χ4n) is 0.592. The molecule has 0 amide bonds. The van der Waals surface area contributed by atoms with Crippen LogP contribution in [0.2, 0.25) is 0 Å². The van der Waals surface area contributed by atoms with Crippen LogP contribution < -0.4 is 5.73 Å². The number of nitrogens with two attached hydrogens (primary N) is 1. The van der Waals surface area contributed by atoms with Gasteiger partial charge in [-0.15, -0.1) is 6.58 Å². The Labute approximate surface area is 51.6 Å². The lowest BCUT2D eigenvalue weighted by Gasteiger charge is -2.05. The van der Waals surface area contributed by atoms with Gasteiger partial charge in [0.1, 0.15) is 0 Å². The van der Waals surface area contributed by atoms with E-state index in [4.69, 9.17) is 5.73 Å². The molecule has 0 saturated heterocycles. The molecule has 2 N–H and O–H groups in total. The van der Waals surface area contributed by atoms with E-state index in [1.807, 2.05) is 6.92 Å². The van der Waals surface area contributed by atoms with Crippen LogP contribution in [-0.4, -0.2) is 6.04 Å². The Balaban J connectivity index is 3.24. The smallest absolute Gasteiger partial charge is 0.00732 e. The van der Waals surface area contributed by atoms with Gasteiger partial charge in [0.2, 0.25) is 0 Å². The summed E-state index contributed by atoms with van der Waals surface area (Å²) >= 11 is 0. The molecule has 0 bridgehead atoms. The lowest BCUT2D eigenvalue weighted by atomic mass is 10.1. The topological polar surface area (TPSA) is 26.0 Å². The highest BCUT2D eigenvalue weighted by atomic mass is 14.6. The van der Waals surface area contributed by atoms with Crippen LogP contribution in [0.1, 0.15) is 26.7 Å². The molecule has 8 heavy (non-hydrogen) atoms. The predicted octanol–water partition coefficient (Wildman–Crippen LogP) is 1.69. The predicted molar refractivity (Wildman–Crippen MR) is 37.7 cm³/mol. The quantitative estimate of drug-likeness (QED) is 0.554. The zero-order valence-corrected chi connectivity index (χ0v) is 5.78. The molecule has 0 radical (unpaired) electrons. The highest BCUT2D eigenvalue weighted by Crippen LogP contribution is 2.01. The van der Waals surface area contributed by atoms with Crippen LogP contribution in [0, 0.1) is 0 Å². The van der Waals surface area contributed by atoms with E-state index in [0.717, 1.165) is 12.8 Å². The van der Waals surface area contributed by atoms with Gasteiger partial charge in [0, 0.05) is 6.04 Å². The van der Waals surface area contributed by atoms with Crippen LogP contribution in [0.15, 0.2) is 12.2 Å². The van der Waals surface area contributed by atoms with E-state index in [9.17, 15) is 0 Å². The molecule has 0 rings (SSSR count). The van der Waals surface area contributed by atoms with Gasteiger partial charge in [-0.05, 0) is 19.8 Å². The van der Waals surface area contributed by atoms with E-state index in [1.165, 1.54) is 5.57 Å². The Morgan fingerprint density at radius 3 is 2.38 bits per heavy atom. The molecular formula is C7H15N. The van der Waals surface area contributed by atoms with Gasteiger partial charge in [-0.1, -0.05) is 12.5 Å². The van der Waals surface area contributed by atoms with E-state index in [0.29, 0.717) is 6.04 Å². The van der Waals surface area contributed by atoms with E-state index in [1.54, 1.807) is 0 Å². The summed E-state index contributed by atoms with van der Waals surface area (Å²) in [6.07, 6.45) is 2.02. The van der Waals surface area contributed by atoms with E-state index in [2.05, 4.69) is 13.5 Å². The van der Waals surface area contributed by atoms with Crippen LogP contribution in [0.3, 0.4) is 0 Å². The van der Waals surface area contributed by atoms with Crippen molar-refractivity contribution in [2.75, 3.05) is 0 Å². The first-order valence-electron chi connectivity index (χ1n) is 3.06. The summed E-state index contributed by atoms with van der Waals surface area (Å²) in [5.74, 6) is 0. The van der Waals surface area contributed by atoms with Crippen molar-refractivity contribution in [2.24, 2.45) is 5.73 Å². The molecule has 0 fully saturated rings. The molecule has 1 nitrogen and oxygen atoms in total. The fraction of sp³-hybridized carbons (Fsp3) is 0.714. The first-order chi connectivity index (χ1) is 3.66. The van der Waals surface area contributed by atoms with Crippen molar-refractivity contribution in [1.29, 1.82) is 0 Å². The average molecular weight is 113 g/mol. The maximum absolute atomic E-state index is 5.61. The third kappa shape index (κ3) is 3.88. The monoisotopic (exact) mass is 113 g/mol. The largest absolute Gasteiger partial charge is 0.327 e. The van der Waals surface area contributed by atoms with Crippen molar-refractivity contribution in [3.05, 3.63) is 12.2 Å². The second-order valence-electron chi connectivity index (χ2n) is 2.33. The summed E-state index contributed by atoms with van der Waals surface area (Å²) in [6.45, 7) is 7.86. The first kappa shape index (κ1) is 7.70. The van der Waals surface area contributed by atoms with Gasteiger partial charge in [0.15, 0.2) is 0 Å². The molecule has 0 aromatic heterocycles. The van der Waals surface area contributed by atoms with Crippen molar-refractivity contribution >= 4 is 0 Å². The molecule has 0 heterocycles. The van der Waals surface area contributed by atoms with Gasteiger partial charge < -0.3 is 5.73 Å². The van der Waals surface area contributed by atoms with Crippen LogP contribution in [-0.2, 0) is 0 Å². The molecular weight excluding hydrogens is 98.1 g/mol. The second-order valence-corrected chi connectivity index (χ2v) is 2.33. The Hall–Kier alpha value is -0.300. The summed E-state index contributed by atoms with van der Waals surface area (Å²) < 4.78 is 0. The molecule has 0 aliphatic rings. The van der Waals surface area contributed by atoms with E-state index < -0.39 is 0 Å². The summed E-state index contributed by atoms with van der Waals surface area (Å²) in [6, 6.07) is 0.326. The summed E-state index contributed by atoms with van der Waals surface area (Å²) in [4.78, 5) is 0. The second kappa shape index (κ2) is 3.67. The number of rotatable bonds is 3. The van der Waals surface area contributed by atoms with Crippen LogP contribution in [0.5, 0.6) is 0 Å². The average Bonchev–Trinajstić information content (AvgIpc) is 1.65. The van der Waals surface area contributed by atoms with Crippen molar-refractivity contribution in [2.45, 2.75) is 32.7 Å². The summed E-state index contributed by atoms with van der Waals surface area (Å²) in [7, 11) is 0. The Morgan fingerprint density at radius 2 is 2.25 bits per heavy atom. The standard InChI is InChI=1S/C7H15N/c1-4-7(8)5-6(2)3/h7H,2,4-5,8H2,1,3H3. The van der Waals surface area contributed by atoms with Crippen molar-refractivity contribution in [1.82, 2.24) is 0 Å². The molecule has 0 aliphatic heterocycles. The maximum Gasteiger partial charge on any atom is 0.00732 e. The van der Waals surface area contributed by atoms with Gasteiger partial charge in [-0.2, -0.15) is 0 Å². The van der Waals surface area contributed by atoms with E-state index >= 15 is 0 Å². The van der Waals surface area contributed by atoms with E-state index in [-0.39, 0.29) is 0 Å². The highest BCUT2D eigenvalue weighted by molar-refractivity contribution is 4.91. The third-order valence-corrected chi connectivity index (χ3v) is 1.14. The first-order valence-corrected chi connectivity index (χ1v) is 3.06. The van der Waals surface area contributed by atoms with Crippen LogP contribution >= 0.6 is 0 Å². The van der Waals surface area contributed by atoms with Crippen LogP contribution in [0.25, 0.3) is 0 Å². The van der Waals surface area contributed by atoms with Gasteiger partial charge >= 0.3 is 0 Å². The fourth-order valence-corrected chi connectivity index (χ4v) is 0.592. The summed E-state index contributed by atoms with van der Waals surface area (Å²) in [5.41, 5.74) is 6.79. The van der Waals surface area contributed by atoms with Crippen LogP contribution in [0.4, 0.5) is 0 Å². The Bertz CT molecular complexity index is 76.5. The van der Waals surface area contributed by atoms with Gasteiger partial charge in [0.25, 0.3) is 0 Å². The Morgan fingerprint density at radius 1 is 1.75 bits per heavy atom. The third-order valence-electron chi connectivity index (χ3n) is 1.14. The molecule has 48 valence electrons. The zero-order valence-electron chi connectivity index (χ0n) is 5.78. The maximum atomic E-state index is 5.61. The molecule has 0 aliphatic carbocycles. The van der Waals surface area contributed by atoms with Gasteiger partial charge in [0.05, 0.1) is 0 Å². The lowest BCUT2D eigenvalue weighted by molar-refractivity contribution is 0.643. The SMILES string of the molecule is C=C(C)CC(N)CC. The normalized spacial score (nSPS) is 13.4. The molecule has 1 unspecified atom stereocenters. The molecule has 1 atom stereocenters. The molecule has 0 spiro atoms. The minimum atomic E-state index is 0.326. The van der Waals surface area contributed by atoms with Gasteiger partial charge in [-0.25, -0.2) is 0 Å². The molecule has 0 saturated carbocycles. The van der Waals surface area contributed by atoms with Gasteiger partial charge in [-0.3, -0.25) is 0 Å². The molecule has 1 heteroatoms. The minimum absolute atomic E-state index is 0.326. The van der Waals surface area contributed by atoms with Crippen molar-refractivity contribution in [3.8, 4) is 0 Å². The number of hydrogen-bond acceptors (Lipinski definition) is 1.